The molecule has 5 atom stereocenters. The van der Waals surface area contributed by atoms with Crippen LogP contribution in [0.15, 0.2) is 72.5 Å². The first kappa shape index (κ1) is 24.4. The van der Waals surface area contributed by atoms with E-state index >= 15 is 0 Å². The molecule has 180 valence electrons. The molecule has 1 saturated carbocycles. The quantitative estimate of drug-likeness (QED) is 0.345. The minimum atomic E-state index is -0.542. The van der Waals surface area contributed by atoms with Gasteiger partial charge in [0, 0.05) is 25.0 Å². The number of aromatic nitrogens is 1. The van der Waals surface area contributed by atoms with Crippen molar-refractivity contribution in [3.8, 4) is 0 Å². The van der Waals surface area contributed by atoms with E-state index in [0.29, 0.717) is 30.5 Å². The molecule has 1 fully saturated rings. The van der Waals surface area contributed by atoms with Crippen molar-refractivity contribution in [3.05, 3.63) is 83.6 Å². The van der Waals surface area contributed by atoms with Gasteiger partial charge in [-0.2, -0.15) is 0 Å². The summed E-state index contributed by atoms with van der Waals surface area (Å²) in [7, 11) is 0. The van der Waals surface area contributed by atoms with Gasteiger partial charge in [0.15, 0.2) is 0 Å². The van der Waals surface area contributed by atoms with E-state index in [-0.39, 0.29) is 17.9 Å². The third-order valence-electron chi connectivity index (χ3n) is 7.12. The Hall–Kier alpha value is -2.76. The highest BCUT2D eigenvalue weighted by atomic mass is 16.3. The van der Waals surface area contributed by atoms with Crippen LogP contribution in [0.1, 0.15) is 49.7 Å². The standard InChI is InChI=1S/C29H36N2O3/c1-20-7-6-9-21(15-20)17-24(32)12-13-25-26-18-22(16-23(26)19-27(25)33)8-2-3-11-29(34)31-28-10-4-5-14-30-28/h4-7,9-10,12-16,23-27,32-33H,2-3,8,11,17-19H2,1H3,(H,30,31,34)/t23-,24-,25+,26-,27+/m0/s1. The zero-order chi connectivity index (χ0) is 23.9. The second kappa shape index (κ2) is 11.6. The van der Waals surface area contributed by atoms with Crippen molar-refractivity contribution in [1.29, 1.82) is 0 Å². The maximum Gasteiger partial charge on any atom is 0.225 e. The summed E-state index contributed by atoms with van der Waals surface area (Å²) in [4.78, 5) is 16.2. The zero-order valence-corrected chi connectivity index (χ0v) is 19.9. The van der Waals surface area contributed by atoms with E-state index in [4.69, 9.17) is 0 Å². The molecule has 2 aliphatic rings. The Morgan fingerprint density at radius 3 is 2.91 bits per heavy atom. The molecule has 0 radical (unpaired) electrons. The van der Waals surface area contributed by atoms with Crippen LogP contribution in [0.25, 0.3) is 0 Å². The second-order valence-electron chi connectivity index (χ2n) is 9.85. The van der Waals surface area contributed by atoms with Crippen molar-refractivity contribution in [3.63, 3.8) is 0 Å². The molecule has 4 rings (SSSR count). The van der Waals surface area contributed by atoms with Crippen LogP contribution in [0.4, 0.5) is 5.82 Å². The molecule has 1 heterocycles. The first-order valence-corrected chi connectivity index (χ1v) is 12.5. The van der Waals surface area contributed by atoms with E-state index in [2.05, 4.69) is 41.5 Å². The molecular formula is C29H36N2O3. The molecular weight excluding hydrogens is 424 g/mol. The number of carbonyl (C=O) groups excluding carboxylic acids is 1. The van der Waals surface area contributed by atoms with E-state index in [1.54, 1.807) is 12.3 Å². The third kappa shape index (κ3) is 6.64. The fourth-order valence-corrected chi connectivity index (χ4v) is 5.48. The molecule has 1 aromatic carbocycles. The molecule has 34 heavy (non-hydrogen) atoms. The predicted molar refractivity (Wildman–Crippen MR) is 135 cm³/mol. The van der Waals surface area contributed by atoms with E-state index in [9.17, 15) is 15.0 Å². The number of fused-ring (bicyclic) bond motifs is 1. The smallest absolute Gasteiger partial charge is 0.225 e. The highest BCUT2D eigenvalue weighted by Gasteiger charge is 2.43. The molecule has 0 bridgehead atoms. The minimum Gasteiger partial charge on any atom is -0.392 e. The average Bonchev–Trinajstić information content (AvgIpc) is 3.32. The van der Waals surface area contributed by atoms with Crippen LogP contribution < -0.4 is 5.32 Å². The van der Waals surface area contributed by atoms with Gasteiger partial charge in [0.05, 0.1) is 12.2 Å². The molecule has 2 aliphatic carbocycles. The molecule has 0 aliphatic heterocycles. The summed E-state index contributed by atoms with van der Waals surface area (Å²) < 4.78 is 0. The number of carbonyl (C=O) groups is 1. The van der Waals surface area contributed by atoms with Crippen LogP contribution in [0, 0.1) is 24.7 Å². The van der Waals surface area contributed by atoms with E-state index < -0.39 is 6.10 Å². The first-order valence-electron chi connectivity index (χ1n) is 12.5. The van der Waals surface area contributed by atoms with Crippen molar-refractivity contribution < 1.29 is 15.0 Å². The number of nitrogens with zero attached hydrogens (tertiary/aromatic N) is 1. The van der Waals surface area contributed by atoms with Crippen LogP contribution >= 0.6 is 0 Å². The fraction of sp³-hybridized carbons (Fsp3) is 0.448. The average molecular weight is 461 g/mol. The van der Waals surface area contributed by atoms with Crippen LogP contribution in [0.3, 0.4) is 0 Å². The number of aryl methyl sites for hydroxylation is 1. The first-order chi connectivity index (χ1) is 16.5. The van der Waals surface area contributed by atoms with E-state index in [1.165, 1.54) is 11.1 Å². The molecule has 1 aromatic heterocycles. The summed E-state index contributed by atoms with van der Waals surface area (Å²) in [5, 5.41) is 23.9. The Kier molecular flexibility index (Phi) is 8.30. The molecule has 1 amide bonds. The minimum absolute atomic E-state index is 0.00788. The van der Waals surface area contributed by atoms with Crippen molar-refractivity contribution in [2.75, 3.05) is 5.32 Å². The Labute approximate surface area is 202 Å². The monoisotopic (exact) mass is 460 g/mol. The Bertz CT molecular complexity index is 1020. The van der Waals surface area contributed by atoms with Crippen LogP contribution in [-0.2, 0) is 11.2 Å². The normalized spacial score (nSPS) is 24.7. The summed E-state index contributed by atoms with van der Waals surface area (Å²) in [5.41, 5.74) is 3.77. The number of pyridine rings is 1. The van der Waals surface area contributed by atoms with Gasteiger partial charge in [-0.15, -0.1) is 0 Å². The number of allylic oxidation sites excluding steroid dienone is 2. The molecule has 0 spiro atoms. The number of hydrogen-bond donors (Lipinski definition) is 3. The van der Waals surface area contributed by atoms with Crippen molar-refractivity contribution >= 4 is 11.7 Å². The molecule has 3 N–H and O–H groups in total. The number of aliphatic hydroxyl groups excluding tert-OH is 2. The lowest BCUT2D eigenvalue weighted by atomic mass is 9.88. The number of amides is 1. The molecule has 0 unspecified atom stereocenters. The summed E-state index contributed by atoms with van der Waals surface area (Å²) in [6.07, 6.45) is 12.8. The van der Waals surface area contributed by atoms with Crippen LogP contribution in [0.2, 0.25) is 0 Å². The number of rotatable bonds is 10. The molecule has 2 aromatic rings. The number of nitrogens with one attached hydrogen (secondary N) is 1. The van der Waals surface area contributed by atoms with Gasteiger partial charge in [0.2, 0.25) is 5.91 Å². The lowest BCUT2D eigenvalue weighted by molar-refractivity contribution is -0.116. The van der Waals surface area contributed by atoms with Gasteiger partial charge in [0.1, 0.15) is 5.82 Å². The lowest BCUT2D eigenvalue weighted by Crippen LogP contribution is -2.18. The van der Waals surface area contributed by atoms with Gasteiger partial charge < -0.3 is 15.5 Å². The highest BCUT2D eigenvalue weighted by molar-refractivity contribution is 5.89. The van der Waals surface area contributed by atoms with Gasteiger partial charge in [-0.25, -0.2) is 4.98 Å². The van der Waals surface area contributed by atoms with Crippen LogP contribution in [0.5, 0.6) is 0 Å². The largest absolute Gasteiger partial charge is 0.392 e. The summed E-state index contributed by atoms with van der Waals surface area (Å²) in [6.45, 7) is 2.06. The van der Waals surface area contributed by atoms with Gasteiger partial charge in [-0.1, -0.05) is 59.7 Å². The molecule has 5 nitrogen and oxygen atoms in total. The van der Waals surface area contributed by atoms with Crippen molar-refractivity contribution in [2.45, 2.75) is 64.1 Å². The maximum atomic E-state index is 12.1. The Morgan fingerprint density at radius 1 is 1.24 bits per heavy atom. The van der Waals surface area contributed by atoms with Gasteiger partial charge >= 0.3 is 0 Å². The number of hydrogen-bond acceptors (Lipinski definition) is 4. The fourth-order valence-electron chi connectivity index (χ4n) is 5.48. The SMILES string of the molecule is Cc1cccc(C[C@@H](O)C=C[C@@H]2[C@H]3CC(CCCCC(=O)Nc4ccccn4)=C[C@H]3C[C@H]2O)c1. The van der Waals surface area contributed by atoms with Crippen molar-refractivity contribution in [2.24, 2.45) is 17.8 Å². The van der Waals surface area contributed by atoms with Crippen molar-refractivity contribution in [1.82, 2.24) is 4.98 Å². The van der Waals surface area contributed by atoms with E-state index in [1.807, 2.05) is 30.3 Å². The highest BCUT2D eigenvalue weighted by Crippen LogP contribution is 2.48. The Morgan fingerprint density at radius 2 is 2.12 bits per heavy atom. The Balaban J connectivity index is 1.20. The second-order valence-corrected chi connectivity index (χ2v) is 9.85. The molecule has 0 saturated heterocycles. The number of aliphatic hydroxyl groups is 2. The van der Waals surface area contributed by atoms with E-state index in [0.717, 1.165) is 37.7 Å². The summed E-state index contributed by atoms with van der Waals surface area (Å²) in [5.74, 6) is 1.53. The third-order valence-corrected chi connectivity index (χ3v) is 7.12. The zero-order valence-electron chi connectivity index (χ0n) is 19.9. The molecule has 5 heteroatoms. The maximum absolute atomic E-state index is 12.1. The summed E-state index contributed by atoms with van der Waals surface area (Å²) >= 11 is 0. The van der Waals surface area contributed by atoms with Crippen LogP contribution in [-0.4, -0.2) is 33.3 Å². The number of anilines is 1. The number of unbranched alkanes of at least 4 members (excludes halogenated alkanes) is 1. The van der Waals surface area contributed by atoms with Gasteiger partial charge in [-0.05, 0) is 68.6 Å². The van der Waals surface area contributed by atoms with Gasteiger partial charge in [0.25, 0.3) is 0 Å². The predicted octanol–water partition coefficient (Wildman–Crippen LogP) is 4.99. The lowest BCUT2D eigenvalue weighted by Gasteiger charge is -2.19. The topological polar surface area (TPSA) is 82.5 Å². The van der Waals surface area contributed by atoms with Gasteiger partial charge in [-0.3, -0.25) is 4.79 Å². The number of benzene rings is 1. The summed E-state index contributed by atoms with van der Waals surface area (Å²) in [6, 6.07) is 13.7.